The highest BCUT2D eigenvalue weighted by Gasteiger charge is 2.35. The lowest BCUT2D eigenvalue weighted by atomic mass is 10.2. The van der Waals surface area contributed by atoms with Crippen molar-refractivity contribution in [3.8, 4) is 0 Å². The molecule has 9 heteroatoms. The number of halogens is 1. The van der Waals surface area contributed by atoms with E-state index in [9.17, 15) is 13.2 Å². The zero-order valence-corrected chi connectivity index (χ0v) is 18.7. The highest BCUT2D eigenvalue weighted by atomic mass is 35.5. The Morgan fingerprint density at radius 3 is 2.24 bits per heavy atom. The van der Waals surface area contributed by atoms with Gasteiger partial charge in [-0.3, -0.25) is 0 Å². The van der Waals surface area contributed by atoms with Crippen molar-refractivity contribution in [3.63, 3.8) is 0 Å². The number of piperazine rings is 1. The van der Waals surface area contributed by atoms with Crippen LogP contribution in [0.5, 0.6) is 0 Å². The molecule has 1 fully saturated rings. The Morgan fingerprint density at radius 2 is 1.69 bits per heavy atom. The molecule has 1 saturated heterocycles. The van der Waals surface area contributed by atoms with E-state index in [1.54, 1.807) is 32.4 Å². The average Bonchev–Trinajstić information content (AvgIpc) is 2.92. The molecule has 29 heavy (non-hydrogen) atoms. The minimum Gasteiger partial charge on any atom is -0.461 e. The summed E-state index contributed by atoms with van der Waals surface area (Å²) >= 11 is 5.95. The number of nitrogens with zero attached hydrogens (tertiary/aromatic N) is 3. The summed E-state index contributed by atoms with van der Waals surface area (Å²) in [5.41, 5.74) is 2.26. The number of benzene rings is 1. The van der Waals surface area contributed by atoms with Crippen molar-refractivity contribution < 1.29 is 17.9 Å². The third-order valence-corrected chi connectivity index (χ3v) is 7.77. The molecule has 2 aromatic rings. The lowest BCUT2D eigenvalue weighted by Gasteiger charge is -2.35. The minimum atomic E-state index is -3.73. The molecule has 1 aromatic carbocycles. The molecule has 2 heterocycles. The second-order valence-electron chi connectivity index (χ2n) is 7.04. The van der Waals surface area contributed by atoms with Crippen LogP contribution in [0.4, 0.5) is 5.69 Å². The van der Waals surface area contributed by atoms with E-state index in [0.29, 0.717) is 42.5 Å². The van der Waals surface area contributed by atoms with E-state index in [-0.39, 0.29) is 17.2 Å². The van der Waals surface area contributed by atoms with Gasteiger partial charge in [0.1, 0.15) is 10.6 Å². The Kier molecular flexibility index (Phi) is 6.26. The summed E-state index contributed by atoms with van der Waals surface area (Å²) in [6.07, 6.45) is 0. The smallest absolute Gasteiger partial charge is 0.355 e. The molecule has 1 aliphatic heterocycles. The molecule has 158 valence electrons. The van der Waals surface area contributed by atoms with Crippen LogP contribution < -0.4 is 4.90 Å². The van der Waals surface area contributed by atoms with Gasteiger partial charge in [0.15, 0.2) is 0 Å². The molecule has 0 radical (unpaired) electrons. The highest BCUT2D eigenvalue weighted by molar-refractivity contribution is 7.89. The zero-order chi connectivity index (χ0) is 21.3. The number of sulfonamides is 1. The third kappa shape index (κ3) is 4.01. The standard InChI is InChI=1S/C20H26ClN3O4S/c1-5-28-20(25)18-14(2)19(15(3)22(18)4)29(26,27)24-12-10-23(11-13-24)17-8-6-16(21)7-9-17/h6-9H,5,10-13H2,1-4H3. The summed E-state index contributed by atoms with van der Waals surface area (Å²) in [4.78, 5) is 14.6. The van der Waals surface area contributed by atoms with Crippen LogP contribution in [0.1, 0.15) is 28.7 Å². The maximum Gasteiger partial charge on any atom is 0.355 e. The molecule has 1 aliphatic rings. The fourth-order valence-electron chi connectivity index (χ4n) is 3.79. The summed E-state index contributed by atoms with van der Waals surface area (Å²) < 4.78 is 35.0. The normalized spacial score (nSPS) is 15.6. The van der Waals surface area contributed by atoms with Crippen LogP contribution in [-0.4, -0.2) is 56.0 Å². The van der Waals surface area contributed by atoms with Gasteiger partial charge in [-0.05, 0) is 45.0 Å². The largest absolute Gasteiger partial charge is 0.461 e. The number of esters is 1. The first-order valence-electron chi connectivity index (χ1n) is 9.52. The molecule has 7 nitrogen and oxygen atoms in total. The van der Waals surface area contributed by atoms with Gasteiger partial charge in [0.25, 0.3) is 0 Å². The lowest BCUT2D eigenvalue weighted by molar-refractivity contribution is 0.0514. The molecule has 0 unspecified atom stereocenters. The minimum absolute atomic E-state index is 0.197. The summed E-state index contributed by atoms with van der Waals surface area (Å²) in [6, 6.07) is 7.52. The van der Waals surface area contributed by atoms with Crippen molar-refractivity contribution in [3.05, 3.63) is 46.2 Å². The number of carbonyl (C=O) groups excluding carboxylic acids is 1. The summed E-state index contributed by atoms with van der Waals surface area (Å²) in [5, 5.41) is 0.669. The van der Waals surface area contributed by atoms with Gasteiger partial charge >= 0.3 is 5.97 Å². The number of hydrogen-bond acceptors (Lipinski definition) is 5. The molecule has 0 N–H and O–H groups in total. The molecular weight excluding hydrogens is 414 g/mol. The number of rotatable bonds is 5. The van der Waals surface area contributed by atoms with Crippen LogP contribution in [0, 0.1) is 13.8 Å². The van der Waals surface area contributed by atoms with Gasteiger partial charge in [0, 0.05) is 55.2 Å². The Hall–Kier alpha value is -2.03. The van der Waals surface area contributed by atoms with E-state index in [1.165, 1.54) is 4.31 Å². The number of ether oxygens (including phenoxy) is 1. The van der Waals surface area contributed by atoms with Crippen LogP contribution >= 0.6 is 11.6 Å². The van der Waals surface area contributed by atoms with Crippen molar-refractivity contribution >= 4 is 33.3 Å². The molecule has 1 aromatic heterocycles. The number of carbonyl (C=O) groups is 1. The Balaban J connectivity index is 1.84. The van der Waals surface area contributed by atoms with E-state index in [2.05, 4.69) is 4.90 Å². The fourth-order valence-corrected chi connectivity index (χ4v) is 5.81. The van der Waals surface area contributed by atoms with Gasteiger partial charge in [-0.15, -0.1) is 0 Å². The van der Waals surface area contributed by atoms with Crippen molar-refractivity contribution in [2.24, 2.45) is 7.05 Å². The Labute approximate surface area is 176 Å². The molecule has 3 rings (SSSR count). The van der Waals surface area contributed by atoms with E-state index < -0.39 is 16.0 Å². The average molecular weight is 440 g/mol. The van der Waals surface area contributed by atoms with Crippen molar-refractivity contribution in [1.29, 1.82) is 0 Å². The van der Waals surface area contributed by atoms with E-state index in [4.69, 9.17) is 16.3 Å². The van der Waals surface area contributed by atoms with E-state index in [0.717, 1.165) is 5.69 Å². The van der Waals surface area contributed by atoms with Crippen LogP contribution in [-0.2, 0) is 21.8 Å². The second-order valence-corrected chi connectivity index (χ2v) is 9.35. The van der Waals surface area contributed by atoms with Crippen LogP contribution in [0.15, 0.2) is 29.2 Å². The van der Waals surface area contributed by atoms with Gasteiger partial charge in [-0.25, -0.2) is 13.2 Å². The van der Waals surface area contributed by atoms with Crippen molar-refractivity contribution in [1.82, 2.24) is 8.87 Å². The molecule has 0 atom stereocenters. The van der Waals surface area contributed by atoms with Gasteiger partial charge in [0.05, 0.1) is 6.61 Å². The van der Waals surface area contributed by atoms with Crippen LogP contribution in [0.3, 0.4) is 0 Å². The number of hydrogen-bond donors (Lipinski definition) is 0. The predicted molar refractivity (Wildman–Crippen MR) is 113 cm³/mol. The second kappa shape index (κ2) is 8.38. The summed E-state index contributed by atoms with van der Waals surface area (Å²) in [6.45, 7) is 7.23. The number of anilines is 1. The summed E-state index contributed by atoms with van der Waals surface area (Å²) in [5.74, 6) is -0.510. The maximum atomic E-state index is 13.4. The molecule has 0 bridgehead atoms. The third-order valence-electron chi connectivity index (χ3n) is 5.36. The van der Waals surface area contributed by atoms with Crippen molar-refractivity contribution in [2.45, 2.75) is 25.7 Å². The van der Waals surface area contributed by atoms with E-state index >= 15 is 0 Å². The van der Waals surface area contributed by atoms with Gasteiger partial charge in [-0.2, -0.15) is 4.31 Å². The molecule has 0 amide bonds. The molecule has 0 saturated carbocycles. The topological polar surface area (TPSA) is 71.8 Å². The Bertz CT molecular complexity index is 1010. The maximum absolute atomic E-state index is 13.4. The highest BCUT2D eigenvalue weighted by Crippen LogP contribution is 2.30. The van der Waals surface area contributed by atoms with Crippen LogP contribution in [0.2, 0.25) is 5.02 Å². The van der Waals surface area contributed by atoms with Gasteiger partial charge in [0.2, 0.25) is 10.0 Å². The molecule has 0 spiro atoms. The molecular formula is C20H26ClN3O4S. The van der Waals surface area contributed by atoms with Gasteiger partial charge < -0.3 is 14.2 Å². The zero-order valence-electron chi connectivity index (χ0n) is 17.1. The monoisotopic (exact) mass is 439 g/mol. The summed E-state index contributed by atoms with van der Waals surface area (Å²) in [7, 11) is -2.04. The van der Waals surface area contributed by atoms with E-state index in [1.807, 2.05) is 24.3 Å². The fraction of sp³-hybridized carbons (Fsp3) is 0.450. The van der Waals surface area contributed by atoms with Crippen molar-refractivity contribution in [2.75, 3.05) is 37.7 Å². The quantitative estimate of drug-likeness (QED) is 0.670. The first-order chi connectivity index (χ1) is 13.7. The molecule has 0 aliphatic carbocycles. The van der Waals surface area contributed by atoms with Crippen LogP contribution in [0.25, 0.3) is 0 Å². The number of aromatic nitrogens is 1. The SMILES string of the molecule is CCOC(=O)c1c(C)c(S(=O)(=O)N2CCN(c3ccc(Cl)cc3)CC2)c(C)n1C. The predicted octanol–water partition coefficient (Wildman–Crippen LogP) is 2.98. The Morgan fingerprint density at radius 1 is 1.10 bits per heavy atom. The first-order valence-corrected chi connectivity index (χ1v) is 11.3. The lowest BCUT2D eigenvalue weighted by Crippen LogP contribution is -2.48. The first kappa shape index (κ1) is 21.7. The van der Waals surface area contributed by atoms with Gasteiger partial charge in [-0.1, -0.05) is 11.6 Å².